The Bertz CT molecular complexity index is 1720. The van der Waals surface area contributed by atoms with Crippen LogP contribution in [0.5, 0.6) is 0 Å². The Morgan fingerprint density at radius 2 is 1.38 bits per heavy atom. The Hall–Kier alpha value is -3.98. The predicted molar refractivity (Wildman–Crippen MR) is 177 cm³/mol. The number of carbonyl (C=O) groups is 5. The quantitative estimate of drug-likeness (QED) is 0.273. The van der Waals surface area contributed by atoms with Gasteiger partial charge in [0.2, 0.25) is 11.8 Å². The maximum Gasteiger partial charge on any atom is 0.452 e. The van der Waals surface area contributed by atoms with Crippen molar-refractivity contribution in [3.05, 3.63) is 64.7 Å². The standard InChI is InChI=1S/C34H40ClF3N4O7S/c1-18(2)28(30(44)34(36,37)38)39-27(43)17-42(26-16-20-5-6-23(26)15-20)33(47)29(19(3)4)40-31(45)21-7-9-22(10-8-21)32(46)41-50(48,49)25-13-11-24(35)12-14-25/h7-14,18-20,23,26,28-29H,5-6,15-17H2,1-4H3,(H,39,43)(H,40,45)(H,41,46)/t20?,23?,26?,28?,29-/m0/s1. The molecule has 2 fully saturated rings. The van der Waals surface area contributed by atoms with E-state index in [0.29, 0.717) is 17.4 Å². The summed E-state index contributed by atoms with van der Waals surface area (Å²) in [7, 11) is -4.21. The lowest BCUT2D eigenvalue weighted by molar-refractivity contribution is -0.175. The zero-order valence-corrected chi connectivity index (χ0v) is 29.5. The molecule has 3 N–H and O–H groups in total. The molecule has 16 heteroatoms. The molecule has 2 aromatic carbocycles. The van der Waals surface area contributed by atoms with Gasteiger partial charge in [-0.1, -0.05) is 45.7 Å². The van der Waals surface area contributed by atoms with Gasteiger partial charge in [0.1, 0.15) is 6.04 Å². The lowest BCUT2D eigenvalue weighted by Gasteiger charge is -2.38. The summed E-state index contributed by atoms with van der Waals surface area (Å²) in [6.07, 6.45) is -1.92. The van der Waals surface area contributed by atoms with Crippen molar-refractivity contribution in [3.8, 4) is 0 Å². The number of nitrogens with zero attached hydrogens (tertiary/aromatic N) is 1. The summed E-state index contributed by atoms with van der Waals surface area (Å²) in [5.41, 5.74) is -0.0111. The topological polar surface area (TPSA) is 159 Å². The monoisotopic (exact) mass is 740 g/mol. The molecule has 0 radical (unpaired) electrons. The SMILES string of the molecule is CC(C)C(NC(=O)CN(C(=O)[C@@H](NC(=O)c1ccc(C(=O)NS(=O)(=O)c2ccc(Cl)cc2)cc1)C(C)C)C1CC2CCC1C2)C(=O)C(F)(F)F. The average molecular weight is 741 g/mol. The van der Waals surface area contributed by atoms with E-state index in [1.165, 1.54) is 67.3 Å². The molecule has 2 bridgehead atoms. The Kier molecular flexibility index (Phi) is 12.0. The van der Waals surface area contributed by atoms with Crippen LogP contribution >= 0.6 is 11.6 Å². The molecule has 0 heterocycles. The van der Waals surface area contributed by atoms with E-state index in [4.69, 9.17) is 11.6 Å². The van der Waals surface area contributed by atoms with Gasteiger partial charge >= 0.3 is 6.18 Å². The number of fused-ring (bicyclic) bond motifs is 2. The van der Waals surface area contributed by atoms with Crippen LogP contribution in [0.2, 0.25) is 5.02 Å². The summed E-state index contributed by atoms with van der Waals surface area (Å²) in [4.78, 5) is 66.6. The Labute approximate surface area is 293 Å². The first-order valence-electron chi connectivity index (χ1n) is 16.2. The van der Waals surface area contributed by atoms with Crippen molar-refractivity contribution in [3.63, 3.8) is 0 Å². The molecule has 50 heavy (non-hydrogen) atoms. The number of Topliss-reactive ketones (excluding diaryl/α,β-unsaturated/α-hetero) is 1. The van der Waals surface area contributed by atoms with Crippen LogP contribution < -0.4 is 15.4 Å². The fourth-order valence-electron chi connectivity index (χ4n) is 6.58. The first kappa shape index (κ1) is 38.8. The molecular formula is C34H40ClF3N4O7S. The van der Waals surface area contributed by atoms with Crippen LogP contribution in [0, 0.1) is 23.7 Å². The predicted octanol–water partition coefficient (Wildman–Crippen LogP) is 4.50. The Morgan fingerprint density at radius 1 is 0.820 bits per heavy atom. The van der Waals surface area contributed by atoms with Crippen molar-refractivity contribution >= 4 is 51.0 Å². The molecule has 0 saturated heterocycles. The van der Waals surface area contributed by atoms with Crippen molar-refractivity contribution in [2.75, 3.05) is 6.54 Å². The summed E-state index contributed by atoms with van der Waals surface area (Å²) < 4.78 is 66.9. The van der Waals surface area contributed by atoms with Crippen LogP contribution in [0.25, 0.3) is 0 Å². The van der Waals surface area contributed by atoms with E-state index in [-0.39, 0.29) is 28.0 Å². The van der Waals surface area contributed by atoms with E-state index in [1.54, 1.807) is 13.8 Å². The molecule has 2 aromatic rings. The number of hydrogen-bond acceptors (Lipinski definition) is 7. The molecule has 4 unspecified atom stereocenters. The van der Waals surface area contributed by atoms with Crippen molar-refractivity contribution in [2.45, 2.75) is 82.6 Å². The number of benzene rings is 2. The zero-order chi connectivity index (χ0) is 37.1. The first-order valence-corrected chi connectivity index (χ1v) is 18.1. The van der Waals surface area contributed by atoms with Gasteiger partial charge in [-0.3, -0.25) is 24.0 Å². The molecule has 272 valence electrons. The summed E-state index contributed by atoms with van der Waals surface area (Å²) in [6.45, 7) is 5.53. The number of nitrogens with one attached hydrogen (secondary N) is 3. The number of carbonyl (C=O) groups excluding carboxylic acids is 5. The second-order valence-electron chi connectivity index (χ2n) is 13.5. The van der Waals surface area contributed by atoms with Gasteiger partial charge in [0.25, 0.3) is 27.6 Å². The maximum atomic E-state index is 14.1. The van der Waals surface area contributed by atoms with Crippen molar-refractivity contribution < 1.29 is 45.6 Å². The van der Waals surface area contributed by atoms with Crippen LogP contribution in [-0.4, -0.2) is 73.6 Å². The number of sulfonamides is 1. The van der Waals surface area contributed by atoms with E-state index in [0.717, 1.165) is 19.3 Å². The normalized spacial score (nSPS) is 19.9. The zero-order valence-electron chi connectivity index (χ0n) is 27.9. The highest BCUT2D eigenvalue weighted by molar-refractivity contribution is 7.90. The van der Waals surface area contributed by atoms with Crippen LogP contribution in [0.1, 0.15) is 74.1 Å². The van der Waals surface area contributed by atoms with Crippen LogP contribution in [0.4, 0.5) is 13.2 Å². The van der Waals surface area contributed by atoms with Gasteiger partial charge in [0, 0.05) is 22.2 Å². The minimum absolute atomic E-state index is 0.0511. The summed E-state index contributed by atoms with van der Waals surface area (Å²) in [6, 6.07) is 6.90. The number of alkyl halides is 3. The molecule has 11 nitrogen and oxygen atoms in total. The number of ketones is 1. The molecule has 4 rings (SSSR count). The second-order valence-corrected chi connectivity index (χ2v) is 15.6. The van der Waals surface area contributed by atoms with Gasteiger partial charge in [0.15, 0.2) is 0 Å². The molecule has 2 aliphatic carbocycles. The van der Waals surface area contributed by atoms with Crippen molar-refractivity contribution in [1.82, 2.24) is 20.3 Å². The third-order valence-corrected chi connectivity index (χ3v) is 10.8. The first-order chi connectivity index (χ1) is 23.3. The highest BCUT2D eigenvalue weighted by atomic mass is 35.5. The van der Waals surface area contributed by atoms with E-state index in [1.807, 2.05) is 4.72 Å². The highest BCUT2D eigenvalue weighted by Crippen LogP contribution is 2.46. The van der Waals surface area contributed by atoms with Crippen molar-refractivity contribution in [1.29, 1.82) is 0 Å². The molecule has 0 aliphatic heterocycles. The molecule has 4 amide bonds. The number of halogens is 4. The van der Waals surface area contributed by atoms with E-state index in [9.17, 15) is 45.6 Å². The van der Waals surface area contributed by atoms with Gasteiger partial charge in [-0.2, -0.15) is 13.2 Å². The Morgan fingerprint density at radius 3 is 1.86 bits per heavy atom. The van der Waals surface area contributed by atoms with E-state index in [2.05, 4.69) is 10.6 Å². The average Bonchev–Trinajstić information content (AvgIpc) is 3.68. The molecule has 0 spiro atoms. The van der Waals surface area contributed by atoms with Gasteiger partial charge in [0.05, 0.1) is 17.5 Å². The number of rotatable bonds is 13. The fourth-order valence-corrected chi connectivity index (χ4v) is 7.68. The molecule has 5 atom stereocenters. The van der Waals surface area contributed by atoms with Crippen LogP contribution in [-0.2, 0) is 24.4 Å². The van der Waals surface area contributed by atoms with Crippen LogP contribution in [0.3, 0.4) is 0 Å². The van der Waals surface area contributed by atoms with Gasteiger partial charge in [-0.15, -0.1) is 0 Å². The minimum atomic E-state index is -5.16. The third-order valence-electron chi connectivity index (χ3n) is 9.22. The van der Waals surface area contributed by atoms with Gasteiger partial charge < -0.3 is 15.5 Å². The molecule has 2 saturated carbocycles. The molecule has 2 aliphatic rings. The molecular weight excluding hydrogens is 701 g/mol. The summed E-state index contributed by atoms with van der Waals surface area (Å²) in [5, 5.41) is 5.19. The Balaban J connectivity index is 1.49. The molecule has 0 aromatic heterocycles. The second kappa shape index (κ2) is 15.5. The highest BCUT2D eigenvalue weighted by Gasteiger charge is 2.47. The number of amides is 4. The fraction of sp³-hybridized carbons (Fsp3) is 0.500. The van der Waals surface area contributed by atoms with Crippen molar-refractivity contribution in [2.24, 2.45) is 23.7 Å². The van der Waals surface area contributed by atoms with E-state index < -0.39 is 76.1 Å². The minimum Gasteiger partial charge on any atom is -0.344 e. The van der Waals surface area contributed by atoms with Gasteiger partial charge in [-0.05, 0) is 91.5 Å². The third kappa shape index (κ3) is 9.22. The maximum absolute atomic E-state index is 14.1. The van der Waals surface area contributed by atoms with E-state index >= 15 is 0 Å². The van der Waals surface area contributed by atoms with Crippen LogP contribution in [0.15, 0.2) is 53.4 Å². The largest absolute Gasteiger partial charge is 0.452 e. The summed E-state index contributed by atoms with van der Waals surface area (Å²) in [5.74, 6) is -6.16. The lowest BCUT2D eigenvalue weighted by Crippen LogP contribution is -2.58. The summed E-state index contributed by atoms with van der Waals surface area (Å²) >= 11 is 5.80. The lowest BCUT2D eigenvalue weighted by atomic mass is 9.92. The smallest absolute Gasteiger partial charge is 0.344 e. The van der Waals surface area contributed by atoms with Gasteiger partial charge in [-0.25, -0.2) is 13.1 Å². The number of hydrogen-bond donors (Lipinski definition) is 3.